The van der Waals surface area contributed by atoms with Crippen LogP contribution in [0.2, 0.25) is 0 Å². The fourth-order valence-electron chi connectivity index (χ4n) is 3.89. The second-order valence-electron chi connectivity index (χ2n) is 8.61. The molecule has 4 rings (SSSR count). The van der Waals surface area contributed by atoms with E-state index >= 15 is 0 Å². The van der Waals surface area contributed by atoms with Crippen LogP contribution in [-0.4, -0.2) is 47.3 Å². The van der Waals surface area contributed by atoms with Crippen LogP contribution in [0.25, 0.3) is 0 Å². The second-order valence-corrected chi connectivity index (χ2v) is 10.7. The highest BCUT2D eigenvalue weighted by molar-refractivity contribution is 9.10. The van der Waals surface area contributed by atoms with Crippen LogP contribution in [0.5, 0.6) is 0 Å². The second kappa shape index (κ2) is 12.9. The molecule has 1 fully saturated rings. The molecule has 4 amide bonds. The minimum Gasteiger partial charge on any atom is -0.465 e. The summed E-state index contributed by atoms with van der Waals surface area (Å²) in [6.45, 7) is 1.25. The van der Waals surface area contributed by atoms with Crippen molar-refractivity contribution in [2.45, 2.75) is 18.6 Å². The lowest BCUT2D eigenvalue weighted by Gasteiger charge is -2.22. The summed E-state index contributed by atoms with van der Waals surface area (Å²) in [7, 11) is 0. The number of thioether (sulfide) groups is 1. The Kier molecular flexibility index (Phi) is 9.33. The monoisotopic (exact) mass is 627 g/mol. The average Bonchev–Trinajstić information content (AvgIpc) is 3.24. The largest absolute Gasteiger partial charge is 0.465 e. The highest BCUT2D eigenvalue weighted by atomic mass is 79.9. The summed E-state index contributed by atoms with van der Waals surface area (Å²) < 4.78 is 20.1. The summed E-state index contributed by atoms with van der Waals surface area (Å²) in [6, 6.07) is 16.8. The minimum atomic E-state index is -0.694. The minimum absolute atomic E-state index is 0.0826. The van der Waals surface area contributed by atoms with Crippen molar-refractivity contribution in [3.63, 3.8) is 0 Å². The predicted octanol–water partition coefficient (Wildman–Crippen LogP) is 4.94. The molecule has 0 aliphatic carbocycles. The normalized spacial score (nSPS) is 14.4. The van der Waals surface area contributed by atoms with Crippen molar-refractivity contribution >= 4 is 68.0 Å². The number of hydrogen-bond acceptors (Lipinski definition) is 7. The number of rotatable bonds is 9. The van der Waals surface area contributed by atoms with Gasteiger partial charge in [0.25, 0.3) is 17.1 Å². The first-order valence-electron chi connectivity index (χ1n) is 12.1. The Balaban J connectivity index is 1.43. The van der Waals surface area contributed by atoms with E-state index in [4.69, 9.17) is 4.74 Å². The molecular weight excluding hydrogens is 605 g/mol. The number of nitrogens with one attached hydrogen (secondary N) is 2. The first kappa shape index (κ1) is 29.0. The Labute approximate surface area is 241 Å². The third-order valence-corrected chi connectivity index (χ3v) is 7.31. The van der Waals surface area contributed by atoms with E-state index in [0.717, 1.165) is 22.2 Å². The van der Waals surface area contributed by atoms with E-state index in [1.54, 1.807) is 37.3 Å². The van der Waals surface area contributed by atoms with Gasteiger partial charge in [-0.2, -0.15) is 0 Å². The van der Waals surface area contributed by atoms with E-state index in [2.05, 4.69) is 26.6 Å². The van der Waals surface area contributed by atoms with Gasteiger partial charge >= 0.3 is 5.97 Å². The summed E-state index contributed by atoms with van der Waals surface area (Å²) in [5.41, 5.74) is 1.67. The lowest BCUT2D eigenvalue weighted by molar-refractivity contribution is -0.141. The number of halogens is 2. The van der Waals surface area contributed by atoms with Crippen molar-refractivity contribution in [2.24, 2.45) is 0 Å². The Morgan fingerprint density at radius 3 is 2.30 bits per heavy atom. The van der Waals surface area contributed by atoms with E-state index in [1.165, 1.54) is 36.4 Å². The fourth-order valence-corrected chi connectivity index (χ4v) is 5.08. The molecule has 3 aromatic carbocycles. The fraction of sp³-hybridized carbons (Fsp3) is 0.179. The van der Waals surface area contributed by atoms with Crippen LogP contribution < -0.4 is 15.5 Å². The van der Waals surface area contributed by atoms with Crippen LogP contribution in [0, 0.1) is 5.82 Å². The van der Waals surface area contributed by atoms with E-state index in [-0.39, 0.29) is 29.0 Å². The Bertz CT molecular complexity index is 1470. The van der Waals surface area contributed by atoms with Crippen molar-refractivity contribution in [1.82, 2.24) is 5.32 Å². The van der Waals surface area contributed by atoms with Crippen LogP contribution in [0.15, 0.2) is 71.2 Å². The highest BCUT2D eigenvalue weighted by Gasteiger charge is 2.31. The smallest absolute Gasteiger partial charge is 0.326 e. The van der Waals surface area contributed by atoms with Gasteiger partial charge in [0, 0.05) is 21.3 Å². The number of anilines is 2. The molecule has 0 bridgehead atoms. The van der Waals surface area contributed by atoms with Gasteiger partial charge in [0.05, 0.1) is 17.5 Å². The molecule has 40 heavy (non-hydrogen) atoms. The number of ether oxygens (including phenoxy) is 1. The van der Waals surface area contributed by atoms with Crippen LogP contribution in [0.1, 0.15) is 33.2 Å². The number of benzene rings is 3. The van der Waals surface area contributed by atoms with Gasteiger partial charge in [-0.1, -0.05) is 39.8 Å². The number of carbonyl (C=O) groups excluding carboxylic acids is 5. The molecule has 0 saturated carbocycles. The maximum absolute atomic E-state index is 14.7. The Morgan fingerprint density at radius 2 is 1.70 bits per heavy atom. The molecule has 12 heteroatoms. The number of imide groups is 1. The van der Waals surface area contributed by atoms with Crippen molar-refractivity contribution < 1.29 is 33.1 Å². The van der Waals surface area contributed by atoms with Gasteiger partial charge in [-0.25, -0.2) is 4.39 Å². The molecule has 1 aliphatic rings. The molecule has 0 spiro atoms. The van der Waals surface area contributed by atoms with Crippen LogP contribution in [0.4, 0.5) is 20.6 Å². The highest BCUT2D eigenvalue weighted by Crippen LogP contribution is 2.26. The average molecular weight is 628 g/mol. The molecule has 1 unspecified atom stereocenters. The van der Waals surface area contributed by atoms with E-state index < -0.39 is 35.4 Å². The summed E-state index contributed by atoms with van der Waals surface area (Å²) in [4.78, 5) is 62.3. The molecule has 9 nitrogen and oxygen atoms in total. The van der Waals surface area contributed by atoms with Crippen molar-refractivity contribution in [2.75, 3.05) is 23.4 Å². The third kappa shape index (κ3) is 7.13. The lowest BCUT2D eigenvalue weighted by Crippen LogP contribution is -2.37. The predicted molar refractivity (Wildman–Crippen MR) is 152 cm³/mol. The molecular formula is C28H23BrFN3O6S. The van der Waals surface area contributed by atoms with Gasteiger partial charge in [0.15, 0.2) is 0 Å². The van der Waals surface area contributed by atoms with Gasteiger partial charge in [0.1, 0.15) is 12.4 Å². The number of esters is 1. The quantitative estimate of drug-likeness (QED) is 0.322. The van der Waals surface area contributed by atoms with E-state index in [9.17, 15) is 28.4 Å². The zero-order valence-electron chi connectivity index (χ0n) is 21.1. The van der Waals surface area contributed by atoms with E-state index in [1.807, 2.05) is 0 Å². The summed E-state index contributed by atoms with van der Waals surface area (Å²) in [5.74, 6) is -2.73. The Morgan fingerprint density at radius 1 is 1.02 bits per heavy atom. The third-order valence-electron chi connectivity index (χ3n) is 5.83. The van der Waals surface area contributed by atoms with E-state index in [0.29, 0.717) is 22.1 Å². The SMILES string of the molecule is CCOC(=O)CN(C(=O)c1ccc(NC(=O)c2ccc(CC3SC(=O)NC3=O)cc2)cc1)c1ccc(Br)cc1F. The molecule has 1 saturated heterocycles. The standard InChI is InChI=1S/C28H23BrFN3O6S/c1-2-39-24(34)15-33(22-12-9-19(29)14-21(22)30)27(37)18-7-10-20(11-8-18)31-25(35)17-5-3-16(4-6-17)13-23-26(36)32-28(38)40-23/h3-12,14,23H,2,13,15H2,1H3,(H,31,35)(H,32,36,38). The van der Waals surface area contributed by atoms with Gasteiger partial charge in [-0.15, -0.1) is 0 Å². The first-order valence-corrected chi connectivity index (χ1v) is 13.8. The summed E-state index contributed by atoms with van der Waals surface area (Å²) >= 11 is 4.12. The summed E-state index contributed by atoms with van der Waals surface area (Å²) in [6.07, 6.45) is 0.358. The van der Waals surface area contributed by atoms with Crippen LogP contribution >= 0.6 is 27.7 Å². The molecule has 3 aromatic rings. The van der Waals surface area contributed by atoms with Crippen molar-refractivity contribution in [3.8, 4) is 0 Å². The van der Waals surface area contributed by atoms with Crippen molar-refractivity contribution in [1.29, 1.82) is 0 Å². The molecule has 0 aromatic heterocycles. The molecule has 1 heterocycles. The number of carbonyl (C=O) groups is 5. The topological polar surface area (TPSA) is 122 Å². The molecule has 0 radical (unpaired) electrons. The van der Waals surface area contributed by atoms with Gasteiger partial charge in [-0.3, -0.25) is 34.2 Å². The van der Waals surface area contributed by atoms with Crippen LogP contribution in [0.3, 0.4) is 0 Å². The van der Waals surface area contributed by atoms with Crippen LogP contribution in [-0.2, 0) is 20.7 Å². The zero-order valence-corrected chi connectivity index (χ0v) is 23.5. The van der Waals surface area contributed by atoms with Gasteiger partial charge in [-0.05, 0) is 73.5 Å². The molecule has 206 valence electrons. The maximum Gasteiger partial charge on any atom is 0.326 e. The maximum atomic E-state index is 14.7. The lowest BCUT2D eigenvalue weighted by atomic mass is 10.1. The Hall–Kier alpha value is -4.03. The van der Waals surface area contributed by atoms with Crippen molar-refractivity contribution in [3.05, 3.63) is 93.7 Å². The molecule has 1 atom stereocenters. The number of nitrogens with zero attached hydrogens (tertiary/aromatic N) is 1. The van der Waals surface area contributed by atoms with Gasteiger partial charge in [0.2, 0.25) is 5.91 Å². The number of amides is 4. The summed E-state index contributed by atoms with van der Waals surface area (Å²) in [5, 5.41) is 4.12. The first-order chi connectivity index (χ1) is 19.1. The van der Waals surface area contributed by atoms with Gasteiger partial charge < -0.3 is 10.1 Å². The molecule has 1 aliphatic heterocycles. The molecule has 2 N–H and O–H groups in total. The zero-order chi connectivity index (χ0) is 28.8. The number of hydrogen-bond donors (Lipinski definition) is 2.